The summed E-state index contributed by atoms with van der Waals surface area (Å²) in [6.45, 7) is 2.37. The minimum absolute atomic E-state index is 0.0931. The Morgan fingerprint density at radius 1 is 1.19 bits per heavy atom. The van der Waals surface area contributed by atoms with Gasteiger partial charge in [-0.1, -0.05) is 36.8 Å². The van der Waals surface area contributed by atoms with Crippen LogP contribution in [0.1, 0.15) is 31.7 Å². The van der Waals surface area contributed by atoms with Crippen LogP contribution in [-0.2, 0) is 21.2 Å². The molecule has 2 aromatic carbocycles. The van der Waals surface area contributed by atoms with Crippen molar-refractivity contribution in [3.63, 3.8) is 0 Å². The van der Waals surface area contributed by atoms with Gasteiger partial charge in [-0.2, -0.15) is 13.1 Å². The number of nitrogens with one attached hydrogen (secondary N) is 1. The van der Waals surface area contributed by atoms with Crippen LogP contribution < -0.4 is 5.32 Å². The molecule has 1 atom stereocenters. The first-order valence-corrected chi connectivity index (χ1v) is 13.4. The Bertz CT molecular complexity index is 1410. The zero-order valence-electron chi connectivity index (χ0n) is 17.3. The molecule has 1 amide bonds. The van der Waals surface area contributed by atoms with E-state index in [4.69, 9.17) is 0 Å². The summed E-state index contributed by atoms with van der Waals surface area (Å²) in [5.41, 5.74) is 2.91. The van der Waals surface area contributed by atoms with E-state index in [-0.39, 0.29) is 17.3 Å². The molecule has 1 aliphatic heterocycles. The van der Waals surface area contributed by atoms with Crippen LogP contribution in [0.5, 0.6) is 0 Å². The number of carbonyl (C=O) groups excluding carboxylic acids is 1. The Balaban J connectivity index is 1.44. The lowest BCUT2D eigenvalue weighted by atomic mass is 10.0. The van der Waals surface area contributed by atoms with Gasteiger partial charge in [0.15, 0.2) is 5.13 Å². The third-order valence-corrected chi connectivity index (χ3v) is 9.10. The maximum Gasteiger partial charge on any atom is 0.246 e. The summed E-state index contributed by atoms with van der Waals surface area (Å²) in [4.78, 5) is 17.8. The van der Waals surface area contributed by atoms with Crippen molar-refractivity contribution in [1.82, 2.24) is 18.0 Å². The van der Waals surface area contributed by atoms with Crippen molar-refractivity contribution in [3.8, 4) is 0 Å². The Morgan fingerprint density at radius 3 is 2.91 bits per heavy atom. The van der Waals surface area contributed by atoms with E-state index in [1.54, 1.807) is 12.1 Å². The third-order valence-electron chi connectivity index (χ3n) is 5.68. The summed E-state index contributed by atoms with van der Waals surface area (Å²) in [7, 11) is -3.92. The molecule has 5 rings (SSSR count). The standard InChI is InChI=1S/C21H21N5O3S3/c1-2-13-9-10-14-17(12-13)30-21(22-14)23-20(27)16-7-3-4-11-26(16)32(28,29)18-8-5-6-15-19(18)25-31-24-15/h5-6,8-10,12,16H,2-4,7,11H2,1H3,(H,22,23,27)/t16-/m1/s1. The zero-order chi connectivity index (χ0) is 22.3. The monoisotopic (exact) mass is 487 g/mol. The summed E-state index contributed by atoms with van der Waals surface area (Å²) in [6, 6.07) is 10.2. The minimum atomic E-state index is -3.92. The first kappa shape index (κ1) is 21.4. The summed E-state index contributed by atoms with van der Waals surface area (Å²) in [5, 5.41) is 3.34. The number of thiazole rings is 1. The van der Waals surface area contributed by atoms with E-state index in [0.717, 1.165) is 34.8 Å². The van der Waals surface area contributed by atoms with Crippen molar-refractivity contribution in [2.45, 2.75) is 43.5 Å². The topological polar surface area (TPSA) is 105 Å². The molecule has 11 heteroatoms. The van der Waals surface area contributed by atoms with Crippen LogP contribution in [0.15, 0.2) is 41.3 Å². The molecule has 1 fully saturated rings. The number of benzene rings is 2. The summed E-state index contributed by atoms with van der Waals surface area (Å²) >= 11 is 2.37. The van der Waals surface area contributed by atoms with Gasteiger partial charge in [0.1, 0.15) is 22.0 Å². The number of anilines is 1. The van der Waals surface area contributed by atoms with Crippen molar-refractivity contribution in [3.05, 3.63) is 42.0 Å². The van der Waals surface area contributed by atoms with Gasteiger partial charge in [-0.15, -0.1) is 0 Å². The second kappa shape index (κ2) is 8.47. The Kier molecular flexibility index (Phi) is 5.66. The highest BCUT2D eigenvalue weighted by atomic mass is 32.2. The first-order chi connectivity index (χ1) is 15.5. The fourth-order valence-corrected chi connectivity index (χ4v) is 7.34. The maximum absolute atomic E-state index is 13.5. The van der Waals surface area contributed by atoms with E-state index in [1.165, 1.54) is 27.3 Å². The van der Waals surface area contributed by atoms with E-state index in [1.807, 2.05) is 12.1 Å². The van der Waals surface area contributed by atoms with Gasteiger partial charge in [0.05, 0.1) is 21.9 Å². The minimum Gasteiger partial charge on any atom is -0.301 e. The number of carbonyl (C=O) groups is 1. The fourth-order valence-electron chi connectivity index (χ4n) is 4.00. The van der Waals surface area contributed by atoms with E-state index < -0.39 is 16.1 Å². The van der Waals surface area contributed by atoms with Gasteiger partial charge in [-0.05, 0) is 49.1 Å². The van der Waals surface area contributed by atoms with Gasteiger partial charge < -0.3 is 5.32 Å². The number of rotatable bonds is 5. The molecule has 8 nitrogen and oxygen atoms in total. The normalized spacial score (nSPS) is 17.7. The predicted octanol–water partition coefficient (Wildman–Crippen LogP) is 4.05. The van der Waals surface area contributed by atoms with Crippen LogP contribution in [0.2, 0.25) is 0 Å². The molecule has 1 saturated heterocycles. The van der Waals surface area contributed by atoms with Crippen molar-refractivity contribution in [2.75, 3.05) is 11.9 Å². The van der Waals surface area contributed by atoms with Crippen LogP contribution in [0.3, 0.4) is 0 Å². The van der Waals surface area contributed by atoms with Gasteiger partial charge in [0, 0.05) is 6.54 Å². The molecule has 4 aromatic rings. The summed E-state index contributed by atoms with van der Waals surface area (Å²) in [6.07, 6.45) is 2.87. The SMILES string of the molecule is CCc1ccc2nc(NC(=O)[C@H]3CCCCN3S(=O)(=O)c3cccc4nsnc34)sc2c1. The van der Waals surface area contributed by atoms with Crippen LogP contribution >= 0.6 is 23.1 Å². The number of hydrogen-bond donors (Lipinski definition) is 1. The van der Waals surface area contributed by atoms with E-state index in [0.29, 0.717) is 29.0 Å². The average molecular weight is 488 g/mol. The number of fused-ring (bicyclic) bond motifs is 2. The zero-order valence-corrected chi connectivity index (χ0v) is 19.8. The van der Waals surface area contributed by atoms with E-state index in [2.05, 4.69) is 32.0 Å². The molecule has 0 radical (unpaired) electrons. The van der Waals surface area contributed by atoms with Gasteiger partial charge in [-0.25, -0.2) is 13.4 Å². The number of sulfonamides is 1. The van der Waals surface area contributed by atoms with Gasteiger partial charge in [0.2, 0.25) is 15.9 Å². The molecule has 0 aliphatic carbocycles. The highest BCUT2D eigenvalue weighted by Crippen LogP contribution is 2.31. The van der Waals surface area contributed by atoms with Gasteiger partial charge in [0.25, 0.3) is 0 Å². The lowest BCUT2D eigenvalue weighted by Gasteiger charge is -2.33. The molecular formula is C21H21N5O3S3. The molecule has 0 saturated carbocycles. The number of aryl methyl sites for hydroxylation is 1. The first-order valence-electron chi connectivity index (χ1n) is 10.4. The van der Waals surface area contributed by atoms with Crippen LogP contribution in [-0.4, -0.2) is 44.9 Å². The highest BCUT2D eigenvalue weighted by molar-refractivity contribution is 7.89. The molecule has 0 bridgehead atoms. The second-order valence-corrected chi connectivity index (χ2v) is 11.1. The van der Waals surface area contributed by atoms with Crippen molar-refractivity contribution >= 4 is 65.4 Å². The summed E-state index contributed by atoms with van der Waals surface area (Å²) < 4.78 is 37.7. The molecular weight excluding hydrogens is 466 g/mol. The predicted molar refractivity (Wildman–Crippen MR) is 127 cm³/mol. The van der Waals surface area contributed by atoms with E-state index >= 15 is 0 Å². The number of amides is 1. The molecule has 166 valence electrons. The molecule has 1 N–H and O–H groups in total. The largest absolute Gasteiger partial charge is 0.301 e. The fraction of sp³-hybridized carbons (Fsp3) is 0.333. The van der Waals surface area contributed by atoms with E-state index in [9.17, 15) is 13.2 Å². The van der Waals surface area contributed by atoms with Crippen molar-refractivity contribution in [2.24, 2.45) is 0 Å². The Hall–Kier alpha value is -2.47. The smallest absolute Gasteiger partial charge is 0.246 e. The molecule has 1 aliphatic rings. The number of piperidine rings is 1. The van der Waals surface area contributed by atoms with Crippen LogP contribution in [0.4, 0.5) is 5.13 Å². The quantitative estimate of drug-likeness (QED) is 0.455. The molecule has 3 heterocycles. The Morgan fingerprint density at radius 2 is 2.06 bits per heavy atom. The number of aromatic nitrogens is 3. The third kappa shape index (κ3) is 3.79. The highest BCUT2D eigenvalue weighted by Gasteiger charge is 2.39. The molecule has 32 heavy (non-hydrogen) atoms. The van der Waals surface area contributed by atoms with Crippen LogP contribution in [0, 0.1) is 0 Å². The second-order valence-electron chi connectivity index (χ2n) is 7.68. The van der Waals surface area contributed by atoms with Crippen molar-refractivity contribution in [1.29, 1.82) is 0 Å². The van der Waals surface area contributed by atoms with Gasteiger partial charge >= 0.3 is 0 Å². The average Bonchev–Trinajstić information content (AvgIpc) is 3.44. The van der Waals surface area contributed by atoms with Gasteiger partial charge in [-0.3, -0.25) is 4.79 Å². The van der Waals surface area contributed by atoms with Crippen molar-refractivity contribution < 1.29 is 13.2 Å². The molecule has 2 aromatic heterocycles. The van der Waals surface area contributed by atoms with Crippen LogP contribution in [0.25, 0.3) is 21.3 Å². The maximum atomic E-state index is 13.5. The Labute approximate surface area is 193 Å². The lowest BCUT2D eigenvalue weighted by molar-refractivity contribution is -0.120. The molecule has 0 spiro atoms. The summed E-state index contributed by atoms with van der Waals surface area (Å²) in [5.74, 6) is -0.355. The number of hydrogen-bond acceptors (Lipinski definition) is 8. The molecule has 0 unspecified atom stereocenters. The number of nitrogens with zero attached hydrogens (tertiary/aromatic N) is 4. The lowest BCUT2D eigenvalue weighted by Crippen LogP contribution is -2.49.